The van der Waals surface area contributed by atoms with E-state index in [9.17, 15) is 9.90 Å². The van der Waals surface area contributed by atoms with Crippen LogP contribution in [0.3, 0.4) is 0 Å². The fraction of sp³-hybridized carbons (Fsp3) is 0.480. The van der Waals surface area contributed by atoms with Crippen molar-refractivity contribution in [2.24, 2.45) is 5.92 Å². The third-order valence-electron chi connectivity index (χ3n) is 6.26. The SMILES string of the molecule is CC(C)CC(CN(C)C(=O)C1c2ccccc2Oc2ccccc21)N1CCC[C@@H]1O. The molecule has 0 bridgehead atoms. The van der Waals surface area contributed by atoms with Gasteiger partial charge in [0.1, 0.15) is 17.7 Å². The summed E-state index contributed by atoms with van der Waals surface area (Å²) in [4.78, 5) is 17.8. The van der Waals surface area contributed by atoms with E-state index in [2.05, 4.69) is 18.7 Å². The van der Waals surface area contributed by atoms with E-state index in [1.54, 1.807) is 0 Å². The number of aliphatic hydroxyl groups is 1. The van der Waals surface area contributed by atoms with Crippen LogP contribution in [-0.2, 0) is 4.79 Å². The molecule has 0 aromatic heterocycles. The minimum Gasteiger partial charge on any atom is -0.457 e. The third kappa shape index (κ3) is 4.09. The second-order valence-corrected chi connectivity index (χ2v) is 8.97. The van der Waals surface area contributed by atoms with Crippen LogP contribution in [-0.4, -0.2) is 53.2 Å². The van der Waals surface area contributed by atoms with Crippen molar-refractivity contribution in [2.45, 2.75) is 51.3 Å². The molecule has 5 heteroatoms. The average molecular weight is 409 g/mol. The van der Waals surface area contributed by atoms with Crippen LogP contribution >= 0.6 is 0 Å². The third-order valence-corrected chi connectivity index (χ3v) is 6.26. The van der Waals surface area contributed by atoms with Gasteiger partial charge in [0, 0.05) is 37.3 Å². The smallest absolute Gasteiger partial charge is 0.234 e. The molecular weight excluding hydrogens is 376 g/mol. The topological polar surface area (TPSA) is 53.0 Å². The first-order chi connectivity index (χ1) is 14.5. The van der Waals surface area contributed by atoms with Gasteiger partial charge in [0.25, 0.3) is 0 Å². The van der Waals surface area contributed by atoms with Crippen LogP contribution in [0.2, 0.25) is 0 Å². The van der Waals surface area contributed by atoms with Crippen molar-refractivity contribution in [3.8, 4) is 11.5 Å². The Morgan fingerprint density at radius 2 is 1.73 bits per heavy atom. The molecule has 160 valence electrons. The van der Waals surface area contributed by atoms with Crippen LogP contribution in [0.25, 0.3) is 0 Å². The number of likely N-dealkylation sites (tertiary alicyclic amines) is 1. The first-order valence-electron chi connectivity index (χ1n) is 11.0. The van der Waals surface area contributed by atoms with Crippen molar-refractivity contribution in [1.29, 1.82) is 0 Å². The molecule has 1 saturated heterocycles. The maximum atomic E-state index is 13.7. The summed E-state index contributed by atoms with van der Waals surface area (Å²) in [5.41, 5.74) is 1.82. The molecule has 2 atom stereocenters. The van der Waals surface area contributed by atoms with Crippen molar-refractivity contribution >= 4 is 5.91 Å². The number of rotatable bonds is 6. The Balaban J connectivity index is 1.60. The summed E-state index contributed by atoms with van der Waals surface area (Å²) in [5, 5.41) is 10.4. The van der Waals surface area contributed by atoms with Crippen LogP contribution in [0.1, 0.15) is 50.2 Å². The second-order valence-electron chi connectivity index (χ2n) is 8.97. The van der Waals surface area contributed by atoms with Crippen LogP contribution in [0.4, 0.5) is 0 Å². The Morgan fingerprint density at radius 1 is 1.13 bits per heavy atom. The summed E-state index contributed by atoms with van der Waals surface area (Å²) in [6.45, 7) is 5.89. The standard InChI is InChI=1S/C25H32N2O3/c1-17(2)15-18(27-14-8-13-23(27)28)16-26(3)25(29)24-19-9-4-6-11-21(19)30-22-12-7-5-10-20(22)24/h4-7,9-12,17-18,23-24,28H,8,13-16H2,1-3H3/t18?,23-/m0/s1. The molecule has 0 saturated carbocycles. The lowest BCUT2D eigenvalue weighted by molar-refractivity contribution is -0.132. The maximum absolute atomic E-state index is 13.7. The molecular formula is C25H32N2O3. The Bertz CT molecular complexity index is 852. The molecule has 2 aromatic rings. The minimum absolute atomic E-state index is 0.0700. The number of benzene rings is 2. The highest BCUT2D eigenvalue weighted by Gasteiger charge is 2.36. The van der Waals surface area contributed by atoms with Crippen LogP contribution < -0.4 is 4.74 Å². The van der Waals surface area contributed by atoms with Gasteiger partial charge >= 0.3 is 0 Å². The van der Waals surface area contributed by atoms with Gasteiger partial charge < -0.3 is 14.7 Å². The van der Waals surface area contributed by atoms with E-state index in [-0.39, 0.29) is 17.9 Å². The largest absolute Gasteiger partial charge is 0.457 e. The van der Waals surface area contributed by atoms with Gasteiger partial charge in [-0.3, -0.25) is 9.69 Å². The molecule has 4 rings (SSSR count). The molecule has 1 fully saturated rings. The van der Waals surface area contributed by atoms with Gasteiger partial charge in [-0.1, -0.05) is 50.2 Å². The summed E-state index contributed by atoms with van der Waals surface area (Å²) in [7, 11) is 1.89. The molecule has 0 aliphatic carbocycles. The Kier molecular flexibility index (Phi) is 6.11. The molecule has 2 aromatic carbocycles. The molecule has 2 heterocycles. The Labute approximate surface area is 179 Å². The van der Waals surface area contributed by atoms with Crippen molar-refractivity contribution in [3.05, 3.63) is 59.7 Å². The summed E-state index contributed by atoms with van der Waals surface area (Å²) in [6.07, 6.45) is 2.37. The highest BCUT2D eigenvalue weighted by molar-refractivity contribution is 5.89. The van der Waals surface area contributed by atoms with Gasteiger partial charge in [-0.15, -0.1) is 0 Å². The van der Waals surface area contributed by atoms with Crippen molar-refractivity contribution in [2.75, 3.05) is 20.1 Å². The summed E-state index contributed by atoms with van der Waals surface area (Å²) >= 11 is 0. The Hall–Kier alpha value is -2.37. The number of carbonyl (C=O) groups is 1. The Morgan fingerprint density at radius 3 is 2.27 bits per heavy atom. The van der Waals surface area contributed by atoms with E-state index in [4.69, 9.17) is 4.74 Å². The summed E-state index contributed by atoms with van der Waals surface area (Å²) in [5.74, 6) is 1.68. The van der Waals surface area contributed by atoms with Gasteiger partial charge in [0.15, 0.2) is 0 Å². The first kappa shape index (κ1) is 20.9. The quantitative estimate of drug-likeness (QED) is 0.778. The van der Waals surface area contributed by atoms with Crippen molar-refractivity contribution < 1.29 is 14.6 Å². The summed E-state index contributed by atoms with van der Waals surface area (Å²) < 4.78 is 6.05. The summed E-state index contributed by atoms with van der Waals surface area (Å²) in [6, 6.07) is 15.8. The zero-order valence-corrected chi connectivity index (χ0v) is 18.1. The zero-order chi connectivity index (χ0) is 21.3. The van der Waals surface area contributed by atoms with Gasteiger partial charge in [0.05, 0.1) is 5.92 Å². The van der Waals surface area contributed by atoms with Gasteiger partial charge in [-0.05, 0) is 37.3 Å². The van der Waals surface area contributed by atoms with Crippen LogP contribution in [0, 0.1) is 5.92 Å². The zero-order valence-electron chi connectivity index (χ0n) is 18.1. The number of ether oxygens (including phenoxy) is 1. The van der Waals surface area contributed by atoms with Gasteiger partial charge in [-0.25, -0.2) is 0 Å². The average Bonchev–Trinajstić information content (AvgIpc) is 3.16. The van der Waals surface area contributed by atoms with Gasteiger partial charge in [0.2, 0.25) is 5.91 Å². The monoisotopic (exact) mass is 408 g/mol. The number of likely N-dealkylation sites (N-methyl/N-ethyl adjacent to an activating group) is 1. The fourth-order valence-corrected chi connectivity index (χ4v) is 4.86. The number of para-hydroxylation sites is 2. The number of hydrogen-bond acceptors (Lipinski definition) is 4. The minimum atomic E-state index is -0.401. The van der Waals surface area contributed by atoms with E-state index >= 15 is 0 Å². The van der Waals surface area contributed by atoms with E-state index in [1.165, 1.54) is 0 Å². The van der Waals surface area contributed by atoms with E-state index in [0.29, 0.717) is 12.5 Å². The van der Waals surface area contributed by atoms with Crippen LogP contribution in [0.5, 0.6) is 11.5 Å². The normalized spacial score (nSPS) is 19.8. The predicted molar refractivity (Wildman–Crippen MR) is 118 cm³/mol. The van der Waals surface area contributed by atoms with E-state index in [0.717, 1.165) is 48.4 Å². The highest BCUT2D eigenvalue weighted by Crippen LogP contribution is 2.44. The van der Waals surface area contributed by atoms with E-state index < -0.39 is 6.23 Å². The fourth-order valence-electron chi connectivity index (χ4n) is 4.86. The molecule has 30 heavy (non-hydrogen) atoms. The molecule has 2 aliphatic rings. The number of amides is 1. The molecule has 0 spiro atoms. The predicted octanol–water partition coefficient (Wildman–Crippen LogP) is 4.21. The van der Waals surface area contributed by atoms with Crippen molar-refractivity contribution in [1.82, 2.24) is 9.80 Å². The first-order valence-corrected chi connectivity index (χ1v) is 11.0. The van der Waals surface area contributed by atoms with Gasteiger partial charge in [-0.2, -0.15) is 0 Å². The van der Waals surface area contributed by atoms with E-state index in [1.807, 2.05) is 60.5 Å². The molecule has 5 nitrogen and oxygen atoms in total. The maximum Gasteiger partial charge on any atom is 0.234 e. The molecule has 1 amide bonds. The molecule has 1 unspecified atom stereocenters. The number of hydrogen-bond donors (Lipinski definition) is 1. The highest BCUT2D eigenvalue weighted by atomic mass is 16.5. The van der Waals surface area contributed by atoms with Crippen LogP contribution in [0.15, 0.2) is 48.5 Å². The molecule has 1 N–H and O–H groups in total. The lowest BCUT2D eigenvalue weighted by Gasteiger charge is -2.36. The lowest BCUT2D eigenvalue weighted by atomic mass is 9.86. The lowest BCUT2D eigenvalue weighted by Crippen LogP contribution is -2.48. The number of carbonyl (C=O) groups excluding carboxylic acids is 1. The second kappa shape index (κ2) is 8.78. The number of fused-ring (bicyclic) bond motifs is 2. The molecule has 0 radical (unpaired) electrons. The molecule has 2 aliphatic heterocycles. The van der Waals surface area contributed by atoms with Crippen molar-refractivity contribution in [3.63, 3.8) is 0 Å². The number of nitrogens with zero attached hydrogens (tertiary/aromatic N) is 2. The number of aliphatic hydroxyl groups excluding tert-OH is 1.